The first-order valence-corrected chi connectivity index (χ1v) is 8.37. The third-order valence-corrected chi connectivity index (χ3v) is 4.04. The molecule has 2 heterocycles. The highest BCUT2D eigenvalue weighted by Crippen LogP contribution is 2.29. The number of alkyl halides is 3. The number of hydrogen-bond donors (Lipinski definition) is 2. The first-order valence-electron chi connectivity index (χ1n) is 8.37. The van der Waals surface area contributed by atoms with Gasteiger partial charge in [-0.1, -0.05) is 18.1 Å². The smallest absolute Gasteiger partial charge is 0.416 e. The van der Waals surface area contributed by atoms with E-state index in [1.54, 1.807) is 35.7 Å². The molecule has 1 aromatic carbocycles. The summed E-state index contributed by atoms with van der Waals surface area (Å²) in [7, 11) is 0. The normalized spacial score (nSPS) is 12.4. The molecule has 0 bridgehead atoms. The predicted molar refractivity (Wildman–Crippen MR) is 96.7 cm³/mol. The Labute approximate surface area is 158 Å². The second-order valence-electron chi connectivity index (χ2n) is 6.10. The molecule has 0 fully saturated rings. The summed E-state index contributed by atoms with van der Waals surface area (Å²) in [6.07, 6.45) is -2.70. The maximum Gasteiger partial charge on any atom is 0.416 e. The molecular formula is C20H16F3N3O2. The van der Waals surface area contributed by atoms with Gasteiger partial charge in [-0.3, -0.25) is 14.5 Å². The number of benzene rings is 1. The first kappa shape index (κ1) is 19.5. The van der Waals surface area contributed by atoms with E-state index >= 15 is 0 Å². The topological polar surface area (TPSA) is 66.6 Å². The van der Waals surface area contributed by atoms with Gasteiger partial charge in [-0.05, 0) is 43.2 Å². The zero-order chi connectivity index (χ0) is 20.3. The second-order valence-corrected chi connectivity index (χ2v) is 6.10. The van der Waals surface area contributed by atoms with E-state index in [0.29, 0.717) is 17.0 Å². The lowest BCUT2D eigenvalue weighted by atomic mass is 10.1. The predicted octanol–water partition coefficient (Wildman–Crippen LogP) is 3.49. The summed E-state index contributed by atoms with van der Waals surface area (Å²) < 4.78 is 40.4. The number of halogens is 3. The number of fused-ring (bicyclic) bond motifs is 1. The molecule has 0 aliphatic rings. The van der Waals surface area contributed by atoms with Crippen molar-refractivity contribution in [2.45, 2.75) is 19.1 Å². The lowest BCUT2D eigenvalue weighted by Crippen LogP contribution is -2.26. The van der Waals surface area contributed by atoms with E-state index in [-0.39, 0.29) is 12.1 Å². The number of rotatable bonds is 4. The van der Waals surface area contributed by atoms with Gasteiger partial charge >= 0.3 is 12.1 Å². The van der Waals surface area contributed by atoms with Crippen LogP contribution in [0.25, 0.3) is 5.65 Å². The molecule has 5 nitrogen and oxygen atoms in total. The molecule has 28 heavy (non-hydrogen) atoms. The minimum absolute atomic E-state index is 0.220. The summed E-state index contributed by atoms with van der Waals surface area (Å²) in [5.74, 6) is 4.65. The molecule has 144 valence electrons. The van der Waals surface area contributed by atoms with E-state index in [9.17, 15) is 18.0 Å². The molecule has 0 spiro atoms. The molecule has 2 N–H and O–H groups in total. The van der Waals surface area contributed by atoms with Crippen molar-refractivity contribution in [1.82, 2.24) is 14.7 Å². The van der Waals surface area contributed by atoms with Crippen LogP contribution < -0.4 is 5.32 Å². The van der Waals surface area contributed by atoms with Gasteiger partial charge < -0.3 is 5.11 Å². The number of carboxylic acid groups (broad SMARTS) is 1. The fourth-order valence-corrected chi connectivity index (χ4v) is 2.68. The van der Waals surface area contributed by atoms with Crippen LogP contribution in [0, 0.1) is 11.8 Å². The Morgan fingerprint density at radius 1 is 1.25 bits per heavy atom. The molecule has 8 heteroatoms. The Morgan fingerprint density at radius 2 is 2.04 bits per heavy atom. The van der Waals surface area contributed by atoms with Crippen molar-refractivity contribution in [1.29, 1.82) is 0 Å². The average Bonchev–Trinajstić information content (AvgIpc) is 3.02. The Balaban J connectivity index is 2.03. The number of nitrogens with zero attached hydrogens (tertiary/aromatic N) is 2. The van der Waals surface area contributed by atoms with Gasteiger partial charge in [0.1, 0.15) is 11.3 Å². The van der Waals surface area contributed by atoms with Crippen molar-refractivity contribution < 1.29 is 23.1 Å². The van der Waals surface area contributed by atoms with Gasteiger partial charge in [0.15, 0.2) is 0 Å². The first-order chi connectivity index (χ1) is 13.3. The molecule has 3 rings (SSSR count). The van der Waals surface area contributed by atoms with Crippen molar-refractivity contribution in [3.8, 4) is 11.8 Å². The van der Waals surface area contributed by atoms with Gasteiger partial charge in [0, 0.05) is 17.8 Å². The van der Waals surface area contributed by atoms with Gasteiger partial charge in [-0.15, -0.1) is 0 Å². The number of aromatic nitrogens is 2. The molecule has 2 aromatic heterocycles. The highest BCUT2D eigenvalue weighted by Gasteiger charge is 2.30. The maximum atomic E-state index is 12.9. The Morgan fingerprint density at radius 3 is 2.75 bits per heavy atom. The van der Waals surface area contributed by atoms with Crippen LogP contribution >= 0.6 is 0 Å². The molecule has 0 saturated heterocycles. The summed E-state index contributed by atoms with van der Waals surface area (Å²) in [6, 6.07) is 9.71. The average molecular weight is 387 g/mol. The SMILES string of the molecule is CC(NCC(=O)O)c1nc2ccccn2c1C#Cc1cccc(C(F)(F)F)c1. The van der Waals surface area contributed by atoms with Crippen molar-refractivity contribution in [2.75, 3.05) is 6.54 Å². The lowest BCUT2D eigenvalue weighted by molar-refractivity contribution is -0.138. The molecule has 0 aliphatic heterocycles. The van der Waals surface area contributed by atoms with Gasteiger partial charge in [0.25, 0.3) is 0 Å². The van der Waals surface area contributed by atoms with Crippen molar-refractivity contribution in [3.05, 3.63) is 71.2 Å². The van der Waals surface area contributed by atoms with Crippen LogP contribution in [0.3, 0.4) is 0 Å². The van der Waals surface area contributed by atoms with Crippen LogP contribution in [0.2, 0.25) is 0 Å². The molecule has 0 radical (unpaired) electrons. The van der Waals surface area contributed by atoms with E-state index in [0.717, 1.165) is 12.1 Å². The van der Waals surface area contributed by atoms with Crippen LogP contribution in [-0.4, -0.2) is 27.0 Å². The number of pyridine rings is 1. The number of carbonyl (C=O) groups is 1. The van der Waals surface area contributed by atoms with E-state index in [4.69, 9.17) is 5.11 Å². The Hall–Kier alpha value is -3.31. The maximum absolute atomic E-state index is 12.9. The van der Waals surface area contributed by atoms with E-state index in [2.05, 4.69) is 22.1 Å². The summed E-state index contributed by atoms with van der Waals surface area (Å²) in [5, 5.41) is 11.7. The lowest BCUT2D eigenvalue weighted by Gasteiger charge is -2.10. The van der Waals surface area contributed by atoms with E-state index in [1.807, 2.05) is 0 Å². The van der Waals surface area contributed by atoms with Gasteiger partial charge in [0.05, 0.1) is 17.8 Å². The third kappa shape index (κ3) is 4.32. The van der Waals surface area contributed by atoms with E-state index in [1.165, 1.54) is 12.1 Å². The highest BCUT2D eigenvalue weighted by atomic mass is 19.4. The van der Waals surface area contributed by atoms with Crippen molar-refractivity contribution >= 4 is 11.6 Å². The molecule has 0 saturated carbocycles. The number of nitrogens with one attached hydrogen (secondary N) is 1. The minimum atomic E-state index is -4.44. The number of aliphatic carboxylic acids is 1. The molecule has 1 atom stereocenters. The van der Waals surface area contributed by atoms with Gasteiger partial charge in [-0.25, -0.2) is 4.98 Å². The Kier molecular flexibility index (Phi) is 5.38. The summed E-state index contributed by atoms with van der Waals surface area (Å²) in [4.78, 5) is 15.3. The van der Waals surface area contributed by atoms with Crippen LogP contribution in [0.4, 0.5) is 13.2 Å². The minimum Gasteiger partial charge on any atom is -0.480 e. The summed E-state index contributed by atoms with van der Waals surface area (Å²) in [5.41, 5.74) is 1.06. The number of hydrogen-bond acceptors (Lipinski definition) is 3. The highest BCUT2D eigenvalue weighted by molar-refractivity contribution is 5.69. The quantitative estimate of drug-likeness (QED) is 0.673. The van der Waals surface area contributed by atoms with Gasteiger partial charge in [-0.2, -0.15) is 13.2 Å². The molecule has 0 amide bonds. The summed E-state index contributed by atoms with van der Waals surface area (Å²) in [6.45, 7) is 1.50. The fourth-order valence-electron chi connectivity index (χ4n) is 2.68. The van der Waals surface area contributed by atoms with Crippen molar-refractivity contribution in [2.24, 2.45) is 0 Å². The Bertz CT molecular complexity index is 1080. The molecule has 0 aliphatic carbocycles. The largest absolute Gasteiger partial charge is 0.480 e. The number of imidazole rings is 1. The van der Waals surface area contributed by atoms with Crippen LogP contribution in [0.5, 0.6) is 0 Å². The monoisotopic (exact) mass is 387 g/mol. The zero-order valence-electron chi connectivity index (χ0n) is 14.8. The zero-order valence-corrected chi connectivity index (χ0v) is 14.8. The number of carboxylic acids is 1. The third-order valence-electron chi connectivity index (χ3n) is 4.04. The molecule has 3 aromatic rings. The standard InChI is InChI=1S/C20H16F3N3O2/c1-13(24-12-18(27)28)19-16(26-10-3-2-7-17(26)25-19)9-8-14-5-4-6-15(11-14)20(21,22)23/h2-7,10-11,13,24H,12H2,1H3,(H,27,28). The van der Waals surface area contributed by atoms with Crippen LogP contribution in [0.1, 0.15) is 35.5 Å². The molecule has 1 unspecified atom stereocenters. The van der Waals surface area contributed by atoms with Crippen LogP contribution in [0.15, 0.2) is 48.7 Å². The fraction of sp³-hybridized carbons (Fsp3) is 0.200. The molecular weight excluding hydrogens is 371 g/mol. The second kappa shape index (κ2) is 7.74. The van der Waals surface area contributed by atoms with E-state index < -0.39 is 23.8 Å². The summed E-state index contributed by atoms with van der Waals surface area (Å²) >= 11 is 0. The van der Waals surface area contributed by atoms with Gasteiger partial charge in [0.2, 0.25) is 0 Å². The van der Waals surface area contributed by atoms with Crippen LogP contribution in [-0.2, 0) is 11.0 Å². The van der Waals surface area contributed by atoms with Crippen molar-refractivity contribution in [3.63, 3.8) is 0 Å².